The Morgan fingerprint density at radius 1 is 1.47 bits per heavy atom. The summed E-state index contributed by atoms with van der Waals surface area (Å²) in [6.45, 7) is 7.67. The molecule has 1 unspecified atom stereocenters. The average Bonchev–Trinajstić information content (AvgIpc) is 2.45. The van der Waals surface area contributed by atoms with Gasteiger partial charge in [0.05, 0.1) is 13.2 Å². The first kappa shape index (κ1) is 14.3. The van der Waals surface area contributed by atoms with Crippen LogP contribution >= 0.6 is 0 Å². The highest BCUT2D eigenvalue weighted by atomic mass is 16.5. The highest BCUT2D eigenvalue weighted by Crippen LogP contribution is 2.15. The molecule has 0 bridgehead atoms. The van der Waals surface area contributed by atoms with Crippen LogP contribution in [0.25, 0.3) is 0 Å². The quantitative estimate of drug-likeness (QED) is 0.879. The van der Waals surface area contributed by atoms with Gasteiger partial charge in [-0.1, -0.05) is 12.1 Å². The van der Waals surface area contributed by atoms with Crippen molar-refractivity contribution in [2.24, 2.45) is 0 Å². The minimum Gasteiger partial charge on any atom is -0.491 e. The Labute approximate surface area is 114 Å². The zero-order valence-electron chi connectivity index (χ0n) is 11.7. The van der Waals surface area contributed by atoms with Crippen LogP contribution in [-0.4, -0.2) is 48.5 Å². The van der Waals surface area contributed by atoms with Crippen LogP contribution in [0.1, 0.15) is 19.4 Å². The van der Waals surface area contributed by atoms with E-state index >= 15 is 0 Å². The number of aliphatic hydroxyl groups excluding tert-OH is 1. The summed E-state index contributed by atoms with van der Waals surface area (Å²) < 4.78 is 11.5. The molecule has 0 radical (unpaired) electrons. The molecule has 1 aromatic rings. The van der Waals surface area contributed by atoms with Gasteiger partial charge in [0.2, 0.25) is 0 Å². The molecule has 1 N–H and O–H groups in total. The van der Waals surface area contributed by atoms with E-state index in [-0.39, 0.29) is 12.7 Å². The lowest BCUT2D eigenvalue weighted by Crippen LogP contribution is -2.47. The van der Waals surface area contributed by atoms with Crippen LogP contribution in [0.15, 0.2) is 24.3 Å². The van der Waals surface area contributed by atoms with E-state index in [4.69, 9.17) is 14.6 Å². The van der Waals surface area contributed by atoms with Gasteiger partial charge in [-0.05, 0) is 31.5 Å². The smallest absolute Gasteiger partial charge is 0.119 e. The second-order valence-corrected chi connectivity index (χ2v) is 5.20. The van der Waals surface area contributed by atoms with Gasteiger partial charge in [-0.3, -0.25) is 4.90 Å². The number of benzene rings is 1. The van der Waals surface area contributed by atoms with E-state index in [0.29, 0.717) is 12.6 Å². The van der Waals surface area contributed by atoms with E-state index in [1.165, 1.54) is 0 Å². The van der Waals surface area contributed by atoms with Crippen LogP contribution in [-0.2, 0) is 11.3 Å². The summed E-state index contributed by atoms with van der Waals surface area (Å²) in [4.78, 5) is 2.40. The maximum Gasteiger partial charge on any atom is 0.119 e. The Balaban J connectivity index is 1.84. The molecule has 1 aliphatic rings. The van der Waals surface area contributed by atoms with Crippen molar-refractivity contribution in [3.63, 3.8) is 0 Å². The number of morpholine rings is 1. The predicted molar refractivity (Wildman–Crippen MR) is 74.3 cm³/mol. The number of ether oxygens (including phenoxy) is 2. The summed E-state index contributed by atoms with van der Waals surface area (Å²) in [5.41, 5.74) is 0.867. The summed E-state index contributed by atoms with van der Waals surface area (Å²) in [7, 11) is 0. The summed E-state index contributed by atoms with van der Waals surface area (Å²) in [6, 6.07) is 8.09. The summed E-state index contributed by atoms with van der Waals surface area (Å²) >= 11 is 0. The van der Waals surface area contributed by atoms with Crippen LogP contribution in [0, 0.1) is 0 Å². The highest BCUT2D eigenvalue weighted by molar-refractivity contribution is 5.27. The fourth-order valence-corrected chi connectivity index (χ4v) is 2.23. The van der Waals surface area contributed by atoms with Crippen LogP contribution in [0.2, 0.25) is 0 Å². The molecule has 2 rings (SSSR count). The molecule has 4 heteroatoms. The second kappa shape index (κ2) is 6.89. The molecular formula is C15H23NO3. The Morgan fingerprint density at radius 2 is 2.32 bits per heavy atom. The van der Waals surface area contributed by atoms with Gasteiger partial charge in [0.15, 0.2) is 0 Å². The molecule has 1 saturated heterocycles. The third-order valence-corrected chi connectivity index (χ3v) is 3.42. The molecule has 19 heavy (non-hydrogen) atoms. The largest absolute Gasteiger partial charge is 0.491 e. The summed E-state index contributed by atoms with van der Waals surface area (Å²) in [5, 5.41) is 9.09. The minimum absolute atomic E-state index is 0.0399. The van der Waals surface area contributed by atoms with E-state index in [0.717, 1.165) is 31.0 Å². The van der Waals surface area contributed by atoms with Crippen LogP contribution < -0.4 is 4.74 Å². The third kappa shape index (κ3) is 4.20. The zero-order chi connectivity index (χ0) is 13.7. The minimum atomic E-state index is 0.0399. The molecule has 0 aromatic heterocycles. The first-order chi connectivity index (χ1) is 9.19. The van der Waals surface area contributed by atoms with Crippen molar-refractivity contribution in [1.29, 1.82) is 0 Å². The van der Waals surface area contributed by atoms with Crippen molar-refractivity contribution < 1.29 is 14.6 Å². The lowest BCUT2D eigenvalue weighted by Gasteiger charge is -2.35. The molecular weight excluding hydrogens is 242 g/mol. The van der Waals surface area contributed by atoms with E-state index < -0.39 is 0 Å². The zero-order valence-corrected chi connectivity index (χ0v) is 11.7. The van der Waals surface area contributed by atoms with Crippen molar-refractivity contribution in [2.75, 3.05) is 26.3 Å². The monoisotopic (exact) mass is 265 g/mol. The van der Waals surface area contributed by atoms with Crippen molar-refractivity contribution in [3.8, 4) is 5.75 Å². The van der Waals surface area contributed by atoms with Crippen molar-refractivity contribution in [2.45, 2.75) is 32.6 Å². The van der Waals surface area contributed by atoms with Crippen LogP contribution in [0.5, 0.6) is 5.75 Å². The van der Waals surface area contributed by atoms with Crippen molar-refractivity contribution in [1.82, 2.24) is 4.90 Å². The first-order valence-corrected chi connectivity index (χ1v) is 6.87. The lowest BCUT2D eigenvalue weighted by atomic mass is 10.2. The number of hydrogen-bond acceptors (Lipinski definition) is 4. The van der Waals surface area contributed by atoms with Gasteiger partial charge in [0, 0.05) is 19.1 Å². The molecule has 0 aliphatic carbocycles. The summed E-state index contributed by atoms with van der Waals surface area (Å²) in [6.07, 6.45) is 0.119. The van der Waals surface area contributed by atoms with Crippen molar-refractivity contribution in [3.05, 3.63) is 29.8 Å². The Hall–Kier alpha value is -1.10. The van der Waals surface area contributed by atoms with Gasteiger partial charge < -0.3 is 14.6 Å². The van der Waals surface area contributed by atoms with Crippen LogP contribution in [0.3, 0.4) is 0 Å². The molecule has 0 spiro atoms. The van der Waals surface area contributed by atoms with Gasteiger partial charge in [0.25, 0.3) is 0 Å². The van der Waals surface area contributed by atoms with E-state index in [1.807, 2.05) is 24.3 Å². The molecule has 0 amide bonds. The molecule has 106 valence electrons. The molecule has 1 heterocycles. The SMILES string of the molecule is CC(C)N1CCOC(COc2cccc(CO)c2)C1. The highest BCUT2D eigenvalue weighted by Gasteiger charge is 2.22. The lowest BCUT2D eigenvalue weighted by molar-refractivity contribution is -0.0564. The molecule has 0 saturated carbocycles. The third-order valence-electron chi connectivity index (χ3n) is 3.42. The Bertz CT molecular complexity index is 395. The van der Waals surface area contributed by atoms with Gasteiger partial charge in [-0.2, -0.15) is 0 Å². The standard InChI is InChI=1S/C15H23NO3/c1-12(2)16-6-7-18-15(9-16)11-19-14-5-3-4-13(8-14)10-17/h3-5,8,12,15,17H,6-7,9-11H2,1-2H3. The maximum atomic E-state index is 9.09. The Kier molecular flexibility index (Phi) is 5.19. The number of hydrogen-bond donors (Lipinski definition) is 1. The van der Waals surface area contributed by atoms with Crippen molar-refractivity contribution >= 4 is 0 Å². The first-order valence-electron chi connectivity index (χ1n) is 6.87. The normalized spacial score (nSPS) is 20.7. The van der Waals surface area contributed by atoms with Gasteiger partial charge >= 0.3 is 0 Å². The predicted octanol–water partition coefficient (Wildman–Crippen LogP) is 1.67. The number of aliphatic hydroxyl groups is 1. The molecule has 1 fully saturated rings. The average molecular weight is 265 g/mol. The fraction of sp³-hybridized carbons (Fsp3) is 0.600. The van der Waals surface area contributed by atoms with E-state index in [1.54, 1.807) is 0 Å². The Morgan fingerprint density at radius 3 is 3.05 bits per heavy atom. The topological polar surface area (TPSA) is 41.9 Å². The fourth-order valence-electron chi connectivity index (χ4n) is 2.23. The summed E-state index contributed by atoms with van der Waals surface area (Å²) in [5.74, 6) is 0.789. The molecule has 1 aromatic carbocycles. The van der Waals surface area contributed by atoms with Gasteiger partial charge in [-0.25, -0.2) is 0 Å². The molecule has 4 nitrogen and oxygen atoms in total. The van der Waals surface area contributed by atoms with E-state index in [2.05, 4.69) is 18.7 Å². The molecule has 1 aliphatic heterocycles. The number of nitrogens with zero attached hydrogens (tertiary/aromatic N) is 1. The van der Waals surface area contributed by atoms with Crippen LogP contribution in [0.4, 0.5) is 0 Å². The number of rotatable bonds is 5. The van der Waals surface area contributed by atoms with E-state index in [9.17, 15) is 0 Å². The maximum absolute atomic E-state index is 9.09. The molecule has 1 atom stereocenters. The second-order valence-electron chi connectivity index (χ2n) is 5.20. The van der Waals surface area contributed by atoms with Gasteiger partial charge in [-0.15, -0.1) is 0 Å². The van der Waals surface area contributed by atoms with Gasteiger partial charge in [0.1, 0.15) is 18.5 Å².